The molecule has 0 saturated carbocycles. The minimum Gasteiger partial charge on any atom is -0.867 e. The molecule has 0 N–H and O–H groups in total. The standard InChI is InChI=1S/8C7H16N.4BFO2/c8*1-3-8(2)6-4-5-7-8;4*2-1(3)4/h8*3-7H2,1-2H3;;;;/q8*+1;4*-2. The molecular weight excluding hydrogens is 1030 g/mol. The summed E-state index contributed by atoms with van der Waals surface area (Å²) in [6, 6.07) is 0. The molecule has 0 aromatic carbocycles. The van der Waals surface area contributed by atoms with E-state index in [4.69, 9.17) is 40.2 Å². The Kier molecular flexibility index (Phi) is 50.9. The number of likely N-dealkylation sites (tertiary alicyclic amines) is 8. The molecule has 8 heterocycles. The average molecular weight is 1160 g/mol. The summed E-state index contributed by atoms with van der Waals surface area (Å²) in [5.41, 5.74) is 0. The molecule has 8 rings (SSSR count). The van der Waals surface area contributed by atoms with E-state index < -0.39 is 29.6 Å². The van der Waals surface area contributed by atoms with Gasteiger partial charge in [-0.1, -0.05) is 0 Å². The van der Waals surface area contributed by atoms with Gasteiger partial charge in [0.1, 0.15) is 29.6 Å². The van der Waals surface area contributed by atoms with Gasteiger partial charge in [0.25, 0.3) is 0 Å². The highest BCUT2D eigenvalue weighted by molar-refractivity contribution is 6.27. The summed E-state index contributed by atoms with van der Waals surface area (Å²) < 4.78 is 50.1. The molecule has 0 radical (unpaired) electrons. The highest BCUT2D eigenvalue weighted by Gasteiger charge is 2.28. The predicted octanol–water partition coefficient (Wildman–Crippen LogP) is 0.619. The van der Waals surface area contributed by atoms with Crippen LogP contribution in [0.2, 0.25) is 0 Å². The number of rotatable bonds is 8. The lowest BCUT2D eigenvalue weighted by atomic mass is 10.3. The SMILES string of the molecule is CC[N+]1(C)CCCC1.CC[N+]1(C)CCCC1.CC[N+]1(C)CCCC1.CC[N+]1(C)CCCC1.CC[N+]1(C)CCCC1.CC[N+]1(C)CCCC1.CC[N+]1(C)CCCC1.CC[N+]1(C)CCCC1.[O-]B([O-])F.[O-]B([O-])F.[O-]B([O-])F.[O-]B([O-])F. The third-order valence-electron chi connectivity index (χ3n) is 19.3. The summed E-state index contributed by atoms with van der Waals surface area (Å²) in [6.07, 6.45) is 23.2. The second-order valence-electron chi connectivity index (χ2n) is 25.8. The van der Waals surface area contributed by atoms with E-state index in [2.05, 4.69) is 112 Å². The van der Waals surface area contributed by atoms with Crippen molar-refractivity contribution in [1.82, 2.24) is 0 Å². The van der Waals surface area contributed by atoms with Crippen LogP contribution in [0.5, 0.6) is 0 Å². The quantitative estimate of drug-likeness (QED) is 0.193. The van der Waals surface area contributed by atoms with Crippen LogP contribution in [-0.2, 0) is 0 Å². The van der Waals surface area contributed by atoms with Crippen LogP contribution in [0.25, 0.3) is 0 Å². The Bertz CT molecular complexity index is 1070. The lowest BCUT2D eigenvalue weighted by Crippen LogP contribution is -2.40. The Labute approximate surface area is 492 Å². The molecule has 24 heteroatoms. The molecule has 0 amide bonds. The molecule has 0 spiro atoms. The first kappa shape index (κ1) is 85.8. The van der Waals surface area contributed by atoms with Crippen LogP contribution in [0, 0.1) is 0 Å². The third-order valence-corrected chi connectivity index (χ3v) is 19.3. The summed E-state index contributed by atoms with van der Waals surface area (Å²) >= 11 is 0. The van der Waals surface area contributed by atoms with Crippen LogP contribution in [-0.4, -0.2) is 279 Å². The van der Waals surface area contributed by atoms with Gasteiger partial charge in [-0.2, -0.15) is 0 Å². The first-order valence-electron chi connectivity index (χ1n) is 31.6. The van der Waals surface area contributed by atoms with Crippen molar-refractivity contribution < 1.29 is 93.3 Å². The monoisotopic (exact) mass is 1160 g/mol. The molecule has 0 aromatic rings. The minimum atomic E-state index is -3.17. The van der Waals surface area contributed by atoms with Crippen molar-refractivity contribution in [3.63, 3.8) is 0 Å². The molecule has 8 saturated heterocycles. The molecule has 8 aliphatic rings. The second-order valence-corrected chi connectivity index (χ2v) is 25.8. The molecule has 16 nitrogen and oxygen atoms in total. The van der Waals surface area contributed by atoms with Gasteiger partial charge in [-0.05, 0) is 55.4 Å². The van der Waals surface area contributed by atoms with E-state index in [1.165, 1.54) is 296 Å². The molecule has 480 valence electrons. The summed E-state index contributed by atoms with van der Waals surface area (Å²) in [5, 5.41) is 66.4. The Hall–Kier alpha value is -0.660. The van der Waals surface area contributed by atoms with Crippen molar-refractivity contribution >= 4 is 29.6 Å². The van der Waals surface area contributed by atoms with Gasteiger partial charge in [0.05, 0.1) is 213 Å². The topological polar surface area (TPSA) is 184 Å². The average Bonchev–Trinajstić information content (AvgIpc) is 4.26. The number of nitrogens with zero attached hydrogens (tertiary/aromatic N) is 8. The first-order valence-corrected chi connectivity index (χ1v) is 31.6. The number of quaternary nitrogens is 8. The van der Waals surface area contributed by atoms with Gasteiger partial charge in [0.2, 0.25) is 0 Å². The van der Waals surface area contributed by atoms with E-state index in [-0.39, 0.29) is 0 Å². The van der Waals surface area contributed by atoms with Crippen molar-refractivity contribution in [2.75, 3.05) is 213 Å². The lowest BCUT2D eigenvalue weighted by molar-refractivity contribution is -0.895. The van der Waals surface area contributed by atoms with Gasteiger partial charge >= 0.3 is 0 Å². The van der Waals surface area contributed by atoms with Crippen LogP contribution in [0.3, 0.4) is 0 Å². The number of hydrogen-bond donors (Lipinski definition) is 0. The fourth-order valence-corrected chi connectivity index (χ4v) is 11.3. The maximum Gasteiger partial charge on any atom is 0.121 e. The molecule has 0 unspecified atom stereocenters. The zero-order chi connectivity index (χ0) is 62.6. The predicted molar refractivity (Wildman–Crippen MR) is 313 cm³/mol. The zero-order valence-corrected chi connectivity index (χ0v) is 54.9. The molecule has 8 fully saturated rings. The Morgan fingerprint density at radius 3 is 0.275 bits per heavy atom. The van der Waals surface area contributed by atoms with Crippen LogP contribution in [0.1, 0.15) is 158 Å². The van der Waals surface area contributed by atoms with Crippen LogP contribution in [0.15, 0.2) is 0 Å². The van der Waals surface area contributed by atoms with E-state index in [0.717, 1.165) is 0 Å². The molecule has 0 aromatic heterocycles. The first-order chi connectivity index (χ1) is 37.1. The van der Waals surface area contributed by atoms with Crippen molar-refractivity contribution in [2.24, 2.45) is 0 Å². The second kappa shape index (κ2) is 47.5. The van der Waals surface area contributed by atoms with Crippen molar-refractivity contribution in [3.05, 3.63) is 0 Å². The van der Waals surface area contributed by atoms with E-state index in [9.17, 15) is 17.3 Å². The minimum absolute atomic E-state index is 1.32. The molecule has 80 heavy (non-hydrogen) atoms. The van der Waals surface area contributed by atoms with E-state index in [0.29, 0.717) is 0 Å². The fourth-order valence-electron chi connectivity index (χ4n) is 11.3. The van der Waals surface area contributed by atoms with Crippen LogP contribution < -0.4 is 40.2 Å². The van der Waals surface area contributed by atoms with Gasteiger partial charge in [-0.3, -0.25) is 0 Å². The van der Waals surface area contributed by atoms with Crippen molar-refractivity contribution in [3.8, 4) is 0 Å². The Morgan fingerprint density at radius 2 is 0.250 bits per heavy atom. The molecule has 0 atom stereocenters. The summed E-state index contributed by atoms with van der Waals surface area (Å²) in [7, 11) is 6.17. The lowest BCUT2D eigenvalue weighted by Gasteiger charge is -2.26. The van der Waals surface area contributed by atoms with E-state index >= 15 is 0 Å². The molecule has 0 bridgehead atoms. The fraction of sp³-hybridized carbons (Fsp3) is 1.00. The molecule has 8 aliphatic heterocycles. The largest absolute Gasteiger partial charge is 0.867 e. The number of hydrogen-bond acceptors (Lipinski definition) is 8. The smallest absolute Gasteiger partial charge is 0.121 e. The molecular formula is C56H128B4F4N8O8. The van der Waals surface area contributed by atoms with Crippen LogP contribution >= 0.6 is 0 Å². The van der Waals surface area contributed by atoms with Gasteiger partial charge in [0, 0.05) is 103 Å². The van der Waals surface area contributed by atoms with Gasteiger partial charge in [-0.15, -0.1) is 0 Å². The van der Waals surface area contributed by atoms with Crippen LogP contribution in [0.4, 0.5) is 17.3 Å². The molecule has 0 aliphatic carbocycles. The summed E-state index contributed by atoms with van der Waals surface area (Å²) in [4.78, 5) is 0. The summed E-state index contributed by atoms with van der Waals surface area (Å²) in [6.45, 7) is 51.4. The van der Waals surface area contributed by atoms with Gasteiger partial charge in [-0.25, -0.2) is 0 Å². The van der Waals surface area contributed by atoms with Crippen molar-refractivity contribution in [1.29, 1.82) is 0 Å². The summed E-state index contributed by atoms with van der Waals surface area (Å²) in [5.74, 6) is 0. The highest BCUT2D eigenvalue weighted by atomic mass is 19.1. The maximum absolute atomic E-state index is 9.89. The highest BCUT2D eigenvalue weighted by Crippen LogP contribution is 2.19. The van der Waals surface area contributed by atoms with Gasteiger partial charge in [0.15, 0.2) is 0 Å². The Morgan fingerprint density at radius 1 is 0.200 bits per heavy atom. The number of halogens is 4. The Balaban J connectivity index is -0.000000398. The van der Waals surface area contributed by atoms with E-state index in [1.807, 2.05) is 0 Å². The third kappa shape index (κ3) is 49.6. The van der Waals surface area contributed by atoms with Crippen molar-refractivity contribution in [2.45, 2.75) is 158 Å². The maximum atomic E-state index is 9.89. The van der Waals surface area contributed by atoms with Gasteiger partial charge < -0.3 is 93.3 Å². The zero-order valence-electron chi connectivity index (χ0n) is 54.9. The normalized spacial score (nSPS) is 22.4. The van der Waals surface area contributed by atoms with E-state index in [1.54, 1.807) is 0 Å².